The Kier molecular flexibility index (Phi) is 32.2. The third-order valence-corrected chi connectivity index (χ3v) is 21.2. The second kappa shape index (κ2) is 40.3. The minimum Gasteiger partial charge on any atom is -0.462 e. The molecule has 0 atom stereocenters. The Morgan fingerprint density at radius 3 is 0.844 bits per heavy atom. The molecule has 0 spiro atoms. The highest BCUT2D eigenvalue weighted by atomic mass is 16.5. The fourth-order valence-corrected chi connectivity index (χ4v) is 13.9. The minimum atomic E-state index is -0.325. The second-order valence-electron chi connectivity index (χ2n) is 30.3. The lowest BCUT2D eigenvalue weighted by atomic mass is 9.73. The van der Waals surface area contributed by atoms with Crippen LogP contribution >= 0.6 is 0 Å². The molecule has 520 valence electrons. The van der Waals surface area contributed by atoms with Gasteiger partial charge < -0.3 is 18.9 Å². The zero-order chi connectivity index (χ0) is 68.9. The van der Waals surface area contributed by atoms with Crippen molar-refractivity contribution in [1.82, 2.24) is 0 Å². The number of esters is 2. The molecule has 0 radical (unpaired) electrons. The van der Waals surface area contributed by atoms with Crippen LogP contribution in [0.3, 0.4) is 0 Å². The van der Waals surface area contributed by atoms with E-state index in [1.807, 2.05) is 149 Å². The summed E-state index contributed by atoms with van der Waals surface area (Å²) < 4.78 is 22.8. The van der Waals surface area contributed by atoms with Crippen LogP contribution in [0.5, 0.6) is 17.2 Å². The molecule has 0 unspecified atom stereocenters. The molecular formula is C88H120O8. The third kappa shape index (κ3) is 27.7. The van der Waals surface area contributed by atoms with E-state index in [4.69, 9.17) is 18.9 Å². The Balaban J connectivity index is 0.000000163. The van der Waals surface area contributed by atoms with Crippen LogP contribution in [0.1, 0.15) is 255 Å². The average Bonchev–Trinajstić information content (AvgIpc) is 1.83. The van der Waals surface area contributed by atoms with Crippen molar-refractivity contribution in [3.05, 3.63) is 196 Å². The molecule has 0 aliphatic heterocycles. The van der Waals surface area contributed by atoms with Gasteiger partial charge in [-0.2, -0.15) is 0 Å². The van der Waals surface area contributed by atoms with Gasteiger partial charge in [-0.25, -0.2) is 4.79 Å². The number of hydrogen-bond acceptors (Lipinski definition) is 8. The molecule has 96 heavy (non-hydrogen) atoms. The summed E-state index contributed by atoms with van der Waals surface area (Å²) in [5.41, 5.74) is 9.13. The van der Waals surface area contributed by atoms with Gasteiger partial charge in [0.05, 0.1) is 23.7 Å². The molecule has 0 N–H and O–H groups in total. The monoisotopic (exact) mass is 1300 g/mol. The molecule has 6 aliphatic carbocycles. The summed E-state index contributed by atoms with van der Waals surface area (Å²) in [5.74, 6) is 9.07. The molecule has 0 amide bonds. The molecule has 6 saturated carbocycles. The number of benzene rings is 6. The van der Waals surface area contributed by atoms with E-state index in [0.717, 1.165) is 94.9 Å². The van der Waals surface area contributed by atoms with E-state index < -0.39 is 0 Å². The van der Waals surface area contributed by atoms with Gasteiger partial charge in [-0.05, 0) is 254 Å². The van der Waals surface area contributed by atoms with Crippen LogP contribution in [-0.4, -0.2) is 41.8 Å². The molecule has 12 rings (SSSR count). The van der Waals surface area contributed by atoms with Gasteiger partial charge in [-0.1, -0.05) is 198 Å². The lowest BCUT2D eigenvalue weighted by Crippen LogP contribution is -2.29. The van der Waals surface area contributed by atoms with Crippen LogP contribution in [0.15, 0.2) is 146 Å². The molecule has 8 nitrogen and oxygen atoms in total. The van der Waals surface area contributed by atoms with Crippen molar-refractivity contribution >= 4 is 23.5 Å². The Labute approximate surface area is 580 Å². The van der Waals surface area contributed by atoms with Gasteiger partial charge in [0.2, 0.25) is 0 Å². The maximum absolute atomic E-state index is 12.4. The molecule has 0 aromatic heterocycles. The maximum Gasteiger partial charge on any atom is 0.343 e. The first-order valence-electron chi connectivity index (χ1n) is 37.4. The summed E-state index contributed by atoms with van der Waals surface area (Å²) in [7, 11) is 0. The van der Waals surface area contributed by atoms with Crippen LogP contribution < -0.4 is 9.47 Å². The molecule has 6 aliphatic rings. The highest BCUT2D eigenvalue weighted by Gasteiger charge is 2.33. The van der Waals surface area contributed by atoms with Gasteiger partial charge in [0.15, 0.2) is 5.78 Å². The summed E-state index contributed by atoms with van der Waals surface area (Å²) in [6.07, 6.45) is 31.1. The van der Waals surface area contributed by atoms with E-state index in [0.29, 0.717) is 41.1 Å². The SMILES string of the molecule is CC1CCC(C(=O)C2CCC(C)CC2)CC1.CC1CCC(OC(=O)C2CCC(C)CC2)CC1.CC1CCC(OC2CCC(C)CC2)CC1.Cc1ccc(C(=O)c2ccc(C)cc2)cc1.Cc1ccc(OC(=O)c2ccc(C)cc2)cc1.Cc1ccc(Oc2ccc(C)cc2)cc1. The quantitative estimate of drug-likeness (QED) is 0.0678. The highest BCUT2D eigenvalue weighted by molar-refractivity contribution is 6.09. The Hall–Kier alpha value is -6.64. The summed E-state index contributed by atoms with van der Waals surface area (Å²) in [6.45, 7) is 26.1. The van der Waals surface area contributed by atoms with Crippen molar-refractivity contribution in [2.45, 2.75) is 255 Å². The fourth-order valence-electron chi connectivity index (χ4n) is 13.9. The number of ether oxygens (including phenoxy) is 4. The predicted octanol–water partition coefficient (Wildman–Crippen LogP) is 23.5. The Bertz CT molecular complexity index is 3040. The fraction of sp³-hybridized carbons (Fsp3) is 0.545. The van der Waals surface area contributed by atoms with Gasteiger partial charge in [-0.3, -0.25) is 14.4 Å². The first-order chi connectivity index (χ1) is 46.1. The summed E-state index contributed by atoms with van der Waals surface area (Å²) in [6, 6.07) is 46.2. The van der Waals surface area contributed by atoms with Gasteiger partial charge >= 0.3 is 11.9 Å². The first kappa shape index (κ1) is 76.7. The van der Waals surface area contributed by atoms with E-state index in [1.165, 1.54) is 151 Å². The second-order valence-corrected chi connectivity index (χ2v) is 30.3. The van der Waals surface area contributed by atoms with Gasteiger partial charge in [0.1, 0.15) is 29.1 Å². The average molecular weight is 1310 g/mol. The van der Waals surface area contributed by atoms with Gasteiger partial charge in [-0.15, -0.1) is 0 Å². The highest BCUT2D eigenvalue weighted by Crippen LogP contribution is 2.37. The maximum atomic E-state index is 12.4. The van der Waals surface area contributed by atoms with Crippen LogP contribution in [-0.2, 0) is 19.1 Å². The summed E-state index contributed by atoms with van der Waals surface area (Å²) in [4.78, 5) is 48.3. The van der Waals surface area contributed by atoms with Crippen molar-refractivity contribution in [1.29, 1.82) is 0 Å². The van der Waals surface area contributed by atoms with Crippen LogP contribution in [0.4, 0.5) is 0 Å². The molecule has 0 bridgehead atoms. The van der Waals surface area contributed by atoms with Gasteiger partial charge in [0, 0.05) is 23.0 Å². The van der Waals surface area contributed by atoms with Crippen LogP contribution in [0.25, 0.3) is 0 Å². The predicted molar refractivity (Wildman–Crippen MR) is 395 cm³/mol. The zero-order valence-electron chi connectivity index (χ0n) is 61.0. The number of carbonyl (C=O) groups excluding carboxylic acids is 4. The number of carbonyl (C=O) groups is 4. The minimum absolute atomic E-state index is 0.0833. The molecular weight excluding hydrogens is 1180 g/mol. The summed E-state index contributed by atoms with van der Waals surface area (Å²) in [5, 5.41) is 0. The topological polar surface area (TPSA) is 105 Å². The number of aryl methyl sites for hydroxylation is 6. The zero-order valence-corrected chi connectivity index (χ0v) is 61.0. The standard InChI is InChI=1S/C15H26O2.C15H14O2.C15H26O.C15H14O.C14H26O.C14H14O/c2*1-11-3-7-13(8-4-11)15(16)17-14-9-5-12(2)6-10-14;2*1-11-3-7-13(8-4-11)15(16)14-9-5-12(2)6-10-14;2*1-11-3-7-13(8-4-11)15-14-9-5-12(2)6-10-14/h11-14H,3-10H2,1-2H3;3-10H,1-2H3;11-14H,3-10H2,1-2H3;3-10H,1-2H3;11-14H,3-10H2,1-2H3;3-10H,1-2H3. The number of Topliss-reactive ketones (excluding diaryl/α,β-unsaturated/α-hetero) is 1. The van der Waals surface area contributed by atoms with E-state index >= 15 is 0 Å². The van der Waals surface area contributed by atoms with Crippen LogP contribution in [0.2, 0.25) is 0 Å². The largest absolute Gasteiger partial charge is 0.462 e. The van der Waals surface area contributed by atoms with E-state index in [2.05, 4.69) is 55.4 Å². The molecule has 6 aromatic carbocycles. The van der Waals surface area contributed by atoms with Crippen LogP contribution in [0, 0.1) is 94.8 Å². The Morgan fingerprint density at radius 2 is 0.531 bits per heavy atom. The van der Waals surface area contributed by atoms with E-state index in [9.17, 15) is 19.2 Å². The van der Waals surface area contributed by atoms with Crippen molar-refractivity contribution in [2.24, 2.45) is 53.3 Å². The molecule has 6 fully saturated rings. The lowest BCUT2D eigenvalue weighted by Gasteiger charge is -2.33. The van der Waals surface area contributed by atoms with Gasteiger partial charge in [0.25, 0.3) is 0 Å². The smallest absolute Gasteiger partial charge is 0.343 e. The third-order valence-electron chi connectivity index (χ3n) is 21.2. The molecule has 8 heteroatoms. The molecule has 6 aromatic rings. The van der Waals surface area contributed by atoms with Crippen molar-refractivity contribution in [3.8, 4) is 17.2 Å². The summed E-state index contributed by atoms with van der Waals surface area (Å²) >= 11 is 0. The first-order valence-corrected chi connectivity index (χ1v) is 37.4. The molecule has 0 saturated heterocycles. The molecule has 0 heterocycles. The van der Waals surface area contributed by atoms with Crippen molar-refractivity contribution in [2.75, 3.05) is 0 Å². The normalized spacial score (nSPS) is 25.3. The van der Waals surface area contributed by atoms with E-state index in [1.54, 1.807) is 24.3 Å². The van der Waals surface area contributed by atoms with Crippen molar-refractivity contribution in [3.63, 3.8) is 0 Å². The Morgan fingerprint density at radius 1 is 0.281 bits per heavy atom. The lowest BCUT2D eigenvalue weighted by molar-refractivity contribution is -0.157. The number of ketones is 2. The van der Waals surface area contributed by atoms with E-state index in [-0.39, 0.29) is 29.7 Å². The van der Waals surface area contributed by atoms with Crippen molar-refractivity contribution < 1.29 is 38.1 Å². The number of rotatable bonds is 12. The number of hydrogen-bond donors (Lipinski definition) is 0.